The zero-order chi connectivity index (χ0) is 13.1. The SMILES string of the molecule is CNC(c1ccc(F)c(C)c1)C1CCCC(C)C1. The Hall–Kier alpha value is -0.890. The molecule has 100 valence electrons. The maximum Gasteiger partial charge on any atom is 0.126 e. The number of rotatable bonds is 3. The van der Waals surface area contributed by atoms with Crippen LogP contribution in [0.4, 0.5) is 4.39 Å². The van der Waals surface area contributed by atoms with Crippen molar-refractivity contribution in [2.75, 3.05) is 7.05 Å². The summed E-state index contributed by atoms with van der Waals surface area (Å²) in [5.74, 6) is 1.40. The lowest BCUT2D eigenvalue weighted by Crippen LogP contribution is -2.29. The zero-order valence-electron chi connectivity index (χ0n) is 11.7. The van der Waals surface area contributed by atoms with Gasteiger partial charge in [0.25, 0.3) is 0 Å². The minimum absolute atomic E-state index is 0.106. The highest BCUT2D eigenvalue weighted by atomic mass is 19.1. The van der Waals surface area contributed by atoms with E-state index in [-0.39, 0.29) is 5.82 Å². The van der Waals surface area contributed by atoms with Crippen molar-refractivity contribution in [3.8, 4) is 0 Å². The lowest BCUT2D eigenvalue weighted by atomic mass is 9.76. The Morgan fingerprint density at radius 2 is 2.11 bits per heavy atom. The first-order valence-corrected chi connectivity index (χ1v) is 7.05. The monoisotopic (exact) mass is 249 g/mol. The maximum atomic E-state index is 13.3. The van der Waals surface area contributed by atoms with Crippen LogP contribution in [0, 0.1) is 24.6 Å². The third-order valence-electron chi connectivity index (χ3n) is 4.30. The van der Waals surface area contributed by atoms with E-state index in [1.807, 2.05) is 26.1 Å². The molecule has 1 aliphatic rings. The third-order valence-corrected chi connectivity index (χ3v) is 4.30. The number of hydrogen-bond acceptors (Lipinski definition) is 1. The van der Waals surface area contributed by atoms with Crippen LogP contribution in [0.15, 0.2) is 18.2 Å². The second-order valence-electron chi connectivity index (χ2n) is 5.81. The Balaban J connectivity index is 2.18. The van der Waals surface area contributed by atoms with Gasteiger partial charge < -0.3 is 5.32 Å². The van der Waals surface area contributed by atoms with Gasteiger partial charge in [0.15, 0.2) is 0 Å². The molecule has 2 rings (SSSR count). The van der Waals surface area contributed by atoms with Crippen LogP contribution in [0.2, 0.25) is 0 Å². The van der Waals surface area contributed by atoms with E-state index in [1.54, 1.807) is 6.07 Å². The first-order chi connectivity index (χ1) is 8.61. The Bertz CT molecular complexity index is 402. The van der Waals surface area contributed by atoms with Gasteiger partial charge in [0, 0.05) is 6.04 Å². The van der Waals surface area contributed by atoms with Crippen LogP contribution in [0.1, 0.15) is 49.8 Å². The predicted molar refractivity (Wildman–Crippen MR) is 74.1 cm³/mol. The second-order valence-corrected chi connectivity index (χ2v) is 5.81. The van der Waals surface area contributed by atoms with Gasteiger partial charge in [0.1, 0.15) is 5.82 Å². The van der Waals surface area contributed by atoms with Crippen molar-refractivity contribution in [2.24, 2.45) is 11.8 Å². The van der Waals surface area contributed by atoms with Crippen LogP contribution in [0.5, 0.6) is 0 Å². The minimum Gasteiger partial charge on any atom is -0.313 e. The first-order valence-electron chi connectivity index (χ1n) is 7.05. The molecule has 3 atom stereocenters. The van der Waals surface area contributed by atoms with Gasteiger partial charge >= 0.3 is 0 Å². The quantitative estimate of drug-likeness (QED) is 0.845. The van der Waals surface area contributed by atoms with Crippen LogP contribution in [-0.2, 0) is 0 Å². The number of aryl methyl sites for hydroxylation is 1. The molecule has 2 heteroatoms. The van der Waals surface area contributed by atoms with E-state index in [1.165, 1.54) is 31.2 Å². The summed E-state index contributed by atoms with van der Waals surface area (Å²) in [4.78, 5) is 0. The lowest BCUT2D eigenvalue weighted by molar-refractivity contribution is 0.230. The molecule has 18 heavy (non-hydrogen) atoms. The Labute approximate surface area is 110 Å². The molecule has 0 bridgehead atoms. The molecule has 0 aromatic heterocycles. The topological polar surface area (TPSA) is 12.0 Å². The molecular weight excluding hydrogens is 225 g/mol. The average Bonchev–Trinajstić information content (AvgIpc) is 2.35. The van der Waals surface area contributed by atoms with E-state index in [2.05, 4.69) is 12.2 Å². The van der Waals surface area contributed by atoms with Gasteiger partial charge in [-0.15, -0.1) is 0 Å². The fraction of sp³-hybridized carbons (Fsp3) is 0.625. The Morgan fingerprint density at radius 1 is 1.33 bits per heavy atom. The highest BCUT2D eigenvalue weighted by Gasteiger charge is 2.26. The highest BCUT2D eigenvalue weighted by molar-refractivity contribution is 5.27. The summed E-state index contributed by atoms with van der Waals surface area (Å²) in [6, 6.07) is 5.90. The molecule has 1 aromatic carbocycles. The summed E-state index contributed by atoms with van der Waals surface area (Å²) in [6.07, 6.45) is 5.24. The molecule has 1 fully saturated rings. The van der Waals surface area contributed by atoms with Gasteiger partial charge in [-0.05, 0) is 55.8 Å². The third kappa shape index (κ3) is 2.92. The van der Waals surface area contributed by atoms with Crippen molar-refractivity contribution < 1.29 is 4.39 Å². The summed E-state index contributed by atoms with van der Waals surface area (Å²) >= 11 is 0. The van der Waals surface area contributed by atoms with E-state index in [9.17, 15) is 4.39 Å². The number of hydrogen-bond donors (Lipinski definition) is 1. The lowest BCUT2D eigenvalue weighted by Gasteiger charge is -2.33. The Kier molecular flexibility index (Phi) is 4.39. The molecule has 1 aliphatic carbocycles. The molecule has 1 N–H and O–H groups in total. The van der Waals surface area contributed by atoms with Crippen LogP contribution in [-0.4, -0.2) is 7.05 Å². The van der Waals surface area contributed by atoms with Crippen LogP contribution >= 0.6 is 0 Å². The van der Waals surface area contributed by atoms with Crippen molar-refractivity contribution in [1.29, 1.82) is 0 Å². The first kappa shape index (κ1) is 13.5. The normalized spacial score (nSPS) is 26.0. The molecule has 1 saturated carbocycles. The molecule has 1 nitrogen and oxygen atoms in total. The Morgan fingerprint density at radius 3 is 2.72 bits per heavy atom. The van der Waals surface area contributed by atoms with Crippen LogP contribution in [0.25, 0.3) is 0 Å². The number of halogens is 1. The molecule has 0 amide bonds. The molecule has 0 radical (unpaired) electrons. The van der Waals surface area contributed by atoms with Crippen molar-refractivity contribution >= 4 is 0 Å². The van der Waals surface area contributed by atoms with Crippen molar-refractivity contribution in [2.45, 2.75) is 45.6 Å². The second kappa shape index (κ2) is 5.83. The predicted octanol–water partition coefficient (Wildman–Crippen LogP) is 4.22. The molecule has 3 unspecified atom stereocenters. The summed E-state index contributed by atoms with van der Waals surface area (Å²) < 4.78 is 13.3. The fourth-order valence-corrected chi connectivity index (χ4v) is 3.32. The van der Waals surface area contributed by atoms with E-state index >= 15 is 0 Å². The minimum atomic E-state index is -0.106. The zero-order valence-corrected chi connectivity index (χ0v) is 11.7. The largest absolute Gasteiger partial charge is 0.313 e. The summed E-state index contributed by atoms with van der Waals surface area (Å²) in [6.45, 7) is 4.18. The van der Waals surface area contributed by atoms with Crippen molar-refractivity contribution in [3.05, 3.63) is 35.1 Å². The molecule has 0 heterocycles. The standard InChI is InChI=1S/C16H24FN/c1-11-5-4-6-13(9-11)16(18-3)14-7-8-15(17)12(2)10-14/h7-8,10-11,13,16,18H,4-6,9H2,1-3H3. The summed E-state index contributed by atoms with van der Waals surface area (Å²) in [7, 11) is 2.02. The van der Waals surface area contributed by atoms with E-state index in [0.717, 1.165) is 11.5 Å². The number of benzene rings is 1. The molecule has 1 aromatic rings. The van der Waals surface area contributed by atoms with Gasteiger partial charge in [-0.1, -0.05) is 31.9 Å². The smallest absolute Gasteiger partial charge is 0.126 e. The average molecular weight is 249 g/mol. The van der Waals surface area contributed by atoms with Crippen LogP contribution in [0.3, 0.4) is 0 Å². The van der Waals surface area contributed by atoms with Crippen molar-refractivity contribution in [3.63, 3.8) is 0 Å². The highest BCUT2D eigenvalue weighted by Crippen LogP contribution is 2.37. The van der Waals surface area contributed by atoms with Gasteiger partial charge in [-0.3, -0.25) is 0 Å². The van der Waals surface area contributed by atoms with E-state index < -0.39 is 0 Å². The molecule has 0 aliphatic heterocycles. The van der Waals surface area contributed by atoms with Crippen LogP contribution < -0.4 is 5.32 Å². The van der Waals surface area contributed by atoms with Gasteiger partial charge in [-0.25, -0.2) is 4.39 Å². The van der Waals surface area contributed by atoms with Gasteiger partial charge in [0.05, 0.1) is 0 Å². The van der Waals surface area contributed by atoms with Crippen molar-refractivity contribution in [1.82, 2.24) is 5.32 Å². The van der Waals surface area contributed by atoms with Gasteiger partial charge in [0.2, 0.25) is 0 Å². The van der Waals surface area contributed by atoms with E-state index in [0.29, 0.717) is 12.0 Å². The maximum absolute atomic E-state index is 13.3. The van der Waals surface area contributed by atoms with E-state index in [4.69, 9.17) is 0 Å². The fourth-order valence-electron chi connectivity index (χ4n) is 3.32. The molecular formula is C16H24FN. The van der Waals surface area contributed by atoms with Gasteiger partial charge in [-0.2, -0.15) is 0 Å². The number of nitrogens with one attached hydrogen (secondary N) is 1. The summed E-state index contributed by atoms with van der Waals surface area (Å²) in [5.41, 5.74) is 1.98. The summed E-state index contributed by atoms with van der Waals surface area (Å²) in [5, 5.41) is 3.43. The molecule has 0 saturated heterocycles. The molecule has 0 spiro atoms.